The molecule has 16 heavy (non-hydrogen) atoms. The van der Waals surface area contributed by atoms with E-state index in [2.05, 4.69) is 0 Å². The predicted octanol–water partition coefficient (Wildman–Crippen LogP) is 3.86. The Morgan fingerprint density at radius 2 is 1.38 bits per heavy atom. The topological polar surface area (TPSA) is 37.3 Å². The molecule has 0 rings (SSSR count). The lowest BCUT2D eigenvalue weighted by molar-refractivity contribution is -0.117. The third-order valence-electron chi connectivity index (χ3n) is 2.90. The maximum Gasteiger partial charge on any atom is 0.129 e. The predicted molar refractivity (Wildman–Crippen MR) is 68.5 cm³/mol. The van der Waals surface area contributed by atoms with Crippen LogP contribution in [-0.2, 0) is 4.79 Å². The molecule has 0 aromatic carbocycles. The summed E-state index contributed by atoms with van der Waals surface area (Å²) in [6, 6.07) is 0. The Bertz CT molecular complexity index is 164. The molecule has 0 radical (unpaired) electrons. The SMILES string of the molecule is CC(=O)CCCCCCCCCCC(C)O. The van der Waals surface area contributed by atoms with Crippen molar-refractivity contribution in [3.63, 3.8) is 0 Å². The van der Waals surface area contributed by atoms with Crippen LogP contribution in [0.15, 0.2) is 0 Å². The summed E-state index contributed by atoms with van der Waals surface area (Å²) in [5.41, 5.74) is 0. The molecule has 1 unspecified atom stereocenters. The van der Waals surface area contributed by atoms with E-state index in [0.717, 1.165) is 25.7 Å². The molecule has 0 aromatic rings. The highest BCUT2D eigenvalue weighted by Crippen LogP contribution is 2.11. The van der Waals surface area contributed by atoms with Gasteiger partial charge in [-0.2, -0.15) is 0 Å². The van der Waals surface area contributed by atoms with Gasteiger partial charge in [0.2, 0.25) is 0 Å². The van der Waals surface area contributed by atoms with E-state index in [1.54, 1.807) is 6.92 Å². The first-order valence-electron chi connectivity index (χ1n) is 6.80. The highest BCUT2D eigenvalue weighted by atomic mass is 16.3. The largest absolute Gasteiger partial charge is 0.393 e. The van der Waals surface area contributed by atoms with E-state index in [1.165, 1.54) is 38.5 Å². The fraction of sp³-hybridized carbons (Fsp3) is 0.929. The summed E-state index contributed by atoms with van der Waals surface area (Å²) in [5, 5.41) is 9.07. The first kappa shape index (κ1) is 15.6. The third kappa shape index (κ3) is 13.6. The summed E-state index contributed by atoms with van der Waals surface area (Å²) in [6.45, 7) is 3.52. The summed E-state index contributed by atoms with van der Waals surface area (Å²) < 4.78 is 0. The van der Waals surface area contributed by atoms with Crippen LogP contribution in [0.25, 0.3) is 0 Å². The van der Waals surface area contributed by atoms with Crippen molar-refractivity contribution in [3.05, 3.63) is 0 Å². The normalized spacial score (nSPS) is 12.7. The molecule has 0 spiro atoms. The second kappa shape index (κ2) is 11.1. The molecule has 96 valence electrons. The maximum absolute atomic E-state index is 10.7. The zero-order chi connectivity index (χ0) is 12.2. The number of rotatable bonds is 11. The number of carbonyl (C=O) groups is 1. The summed E-state index contributed by atoms with van der Waals surface area (Å²) in [6.07, 6.45) is 11.4. The van der Waals surface area contributed by atoms with Crippen LogP contribution in [0.2, 0.25) is 0 Å². The fourth-order valence-corrected chi connectivity index (χ4v) is 1.87. The second-order valence-corrected chi connectivity index (χ2v) is 4.92. The van der Waals surface area contributed by atoms with Crippen LogP contribution in [0, 0.1) is 0 Å². The Morgan fingerprint density at radius 1 is 0.938 bits per heavy atom. The first-order valence-corrected chi connectivity index (χ1v) is 6.80. The monoisotopic (exact) mass is 228 g/mol. The van der Waals surface area contributed by atoms with Crippen molar-refractivity contribution < 1.29 is 9.90 Å². The minimum atomic E-state index is -0.133. The summed E-state index contributed by atoms with van der Waals surface area (Å²) in [7, 11) is 0. The van der Waals surface area contributed by atoms with Crippen molar-refractivity contribution in [2.24, 2.45) is 0 Å². The lowest BCUT2D eigenvalue weighted by Crippen LogP contribution is -1.98. The van der Waals surface area contributed by atoms with Crippen LogP contribution in [0.1, 0.15) is 78.1 Å². The van der Waals surface area contributed by atoms with Crippen LogP contribution in [0.5, 0.6) is 0 Å². The molecule has 2 heteroatoms. The Labute approximate surface area is 100 Å². The van der Waals surface area contributed by atoms with Gasteiger partial charge in [0.25, 0.3) is 0 Å². The number of hydrogen-bond donors (Lipinski definition) is 1. The molecule has 1 atom stereocenters. The van der Waals surface area contributed by atoms with E-state index < -0.39 is 0 Å². The van der Waals surface area contributed by atoms with Gasteiger partial charge in [-0.3, -0.25) is 0 Å². The van der Waals surface area contributed by atoms with Gasteiger partial charge in [-0.05, 0) is 26.7 Å². The van der Waals surface area contributed by atoms with Crippen molar-refractivity contribution in [3.8, 4) is 0 Å². The van der Waals surface area contributed by atoms with Gasteiger partial charge in [0, 0.05) is 6.42 Å². The molecule has 0 bridgehead atoms. The quantitative estimate of drug-likeness (QED) is 0.545. The molecule has 0 aromatic heterocycles. The molecule has 0 aliphatic heterocycles. The molecule has 1 N–H and O–H groups in total. The maximum atomic E-state index is 10.7. The minimum Gasteiger partial charge on any atom is -0.393 e. The minimum absolute atomic E-state index is 0.133. The van der Waals surface area contributed by atoms with Gasteiger partial charge in [-0.25, -0.2) is 0 Å². The smallest absolute Gasteiger partial charge is 0.129 e. The van der Waals surface area contributed by atoms with Crippen LogP contribution in [0.3, 0.4) is 0 Å². The highest BCUT2D eigenvalue weighted by molar-refractivity contribution is 5.75. The number of unbranched alkanes of at least 4 members (excludes halogenated alkanes) is 7. The van der Waals surface area contributed by atoms with Crippen molar-refractivity contribution in [2.75, 3.05) is 0 Å². The third-order valence-corrected chi connectivity index (χ3v) is 2.90. The molecular formula is C14H28O2. The van der Waals surface area contributed by atoms with E-state index in [9.17, 15) is 4.79 Å². The van der Waals surface area contributed by atoms with Gasteiger partial charge in [-0.15, -0.1) is 0 Å². The molecule has 0 saturated heterocycles. The Morgan fingerprint density at radius 3 is 1.81 bits per heavy atom. The van der Waals surface area contributed by atoms with Crippen molar-refractivity contribution in [2.45, 2.75) is 84.2 Å². The van der Waals surface area contributed by atoms with E-state index in [0.29, 0.717) is 5.78 Å². The summed E-state index contributed by atoms with van der Waals surface area (Å²) in [5.74, 6) is 0.318. The number of aliphatic hydroxyl groups is 1. The molecule has 0 aliphatic rings. The molecule has 0 fully saturated rings. The number of aliphatic hydroxyl groups excluding tert-OH is 1. The standard InChI is InChI=1S/C14H28O2/c1-13(15)11-9-7-5-3-4-6-8-10-12-14(2)16/h13,15H,3-12H2,1-2H3. The Balaban J connectivity index is 2.96. The first-order chi connectivity index (χ1) is 7.63. The molecule has 2 nitrogen and oxygen atoms in total. The van der Waals surface area contributed by atoms with E-state index in [1.807, 2.05) is 6.92 Å². The van der Waals surface area contributed by atoms with Gasteiger partial charge in [0.05, 0.1) is 6.10 Å². The molecule has 0 aliphatic carbocycles. The van der Waals surface area contributed by atoms with Gasteiger partial charge >= 0.3 is 0 Å². The molecular weight excluding hydrogens is 200 g/mol. The van der Waals surface area contributed by atoms with Crippen LogP contribution in [0.4, 0.5) is 0 Å². The van der Waals surface area contributed by atoms with Crippen LogP contribution >= 0.6 is 0 Å². The fourth-order valence-electron chi connectivity index (χ4n) is 1.87. The van der Waals surface area contributed by atoms with E-state index >= 15 is 0 Å². The van der Waals surface area contributed by atoms with Gasteiger partial charge < -0.3 is 9.90 Å². The van der Waals surface area contributed by atoms with E-state index in [4.69, 9.17) is 5.11 Å². The highest BCUT2D eigenvalue weighted by Gasteiger charge is 1.96. The number of carbonyl (C=O) groups excluding carboxylic acids is 1. The van der Waals surface area contributed by atoms with E-state index in [-0.39, 0.29) is 6.10 Å². The van der Waals surface area contributed by atoms with Gasteiger partial charge in [0.15, 0.2) is 0 Å². The zero-order valence-corrected chi connectivity index (χ0v) is 11.0. The summed E-state index contributed by atoms with van der Waals surface area (Å²) in [4.78, 5) is 10.7. The Hall–Kier alpha value is -0.370. The number of ketones is 1. The van der Waals surface area contributed by atoms with Crippen LogP contribution in [-0.4, -0.2) is 17.0 Å². The van der Waals surface area contributed by atoms with Crippen molar-refractivity contribution in [1.82, 2.24) is 0 Å². The van der Waals surface area contributed by atoms with Crippen molar-refractivity contribution in [1.29, 1.82) is 0 Å². The average Bonchev–Trinajstić information content (AvgIpc) is 2.20. The summed E-state index contributed by atoms with van der Waals surface area (Å²) >= 11 is 0. The second-order valence-electron chi connectivity index (χ2n) is 4.92. The van der Waals surface area contributed by atoms with Crippen LogP contribution < -0.4 is 0 Å². The molecule has 0 saturated carbocycles. The zero-order valence-electron chi connectivity index (χ0n) is 11.0. The molecule has 0 heterocycles. The lowest BCUT2D eigenvalue weighted by Gasteiger charge is -2.04. The average molecular weight is 228 g/mol. The lowest BCUT2D eigenvalue weighted by atomic mass is 10.0. The van der Waals surface area contributed by atoms with Gasteiger partial charge in [-0.1, -0.05) is 44.9 Å². The Kier molecular flexibility index (Phi) is 10.9. The van der Waals surface area contributed by atoms with Gasteiger partial charge in [0.1, 0.15) is 5.78 Å². The number of hydrogen-bond acceptors (Lipinski definition) is 2. The molecule has 0 amide bonds. The van der Waals surface area contributed by atoms with Crippen molar-refractivity contribution >= 4 is 5.78 Å². The number of Topliss-reactive ketones (excluding diaryl/α,β-unsaturated/α-hetero) is 1.